The van der Waals surface area contributed by atoms with Crippen molar-refractivity contribution in [1.29, 1.82) is 0 Å². The molecular weight excluding hydrogens is 731 g/mol. The first-order valence-corrected chi connectivity index (χ1v) is 19.1. The van der Waals surface area contributed by atoms with E-state index in [1.165, 1.54) is 25.7 Å². The molecule has 10 rings (SSSR count). The Morgan fingerprint density at radius 2 is 1.18 bits per heavy atom. The SMILES string of the molecule is CC1(N)CCC1.Cc1nc2cccc(-c3cc4c([nH]3)CCNC4=O)c2nc1F.Cc1nc2cccc(-c3cc4c([nH]3)CCNC4=O)c2nc1NC1(C)CCC1.Cl. The summed E-state index contributed by atoms with van der Waals surface area (Å²) in [6.45, 7) is 9.23. The monoisotopic (exact) mass is 778 g/mol. The van der Waals surface area contributed by atoms with E-state index < -0.39 is 5.95 Å². The van der Waals surface area contributed by atoms with Gasteiger partial charge in [0.2, 0.25) is 5.95 Å². The second kappa shape index (κ2) is 15.3. The topological polar surface area (TPSA) is 179 Å². The van der Waals surface area contributed by atoms with Gasteiger partial charge in [-0.25, -0.2) is 19.9 Å². The van der Waals surface area contributed by atoms with Crippen LogP contribution >= 0.6 is 12.4 Å². The summed E-state index contributed by atoms with van der Waals surface area (Å²) in [5, 5.41) is 9.31. The molecule has 56 heavy (non-hydrogen) atoms. The Morgan fingerprint density at radius 1 is 0.696 bits per heavy atom. The number of aromatic nitrogens is 6. The first kappa shape index (κ1) is 38.9. The predicted molar refractivity (Wildman–Crippen MR) is 220 cm³/mol. The van der Waals surface area contributed by atoms with Crippen molar-refractivity contribution >= 4 is 52.1 Å². The normalized spacial score (nSPS) is 17.2. The highest BCUT2D eigenvalue weighted by molar-refractivity contribution is 6.00. The van der Waals surface area contributed by atoms with E-state index in [1.807, 2.05) is 43.3 Å². The molecule has 0 atom stereocenters. The van der Waals surface area contributed by atoms with E-state index in [4.69, 9.17) is 15.7 Å². The average molecular weight is 779 g/mol. The molecule has 0 spiro atoms. The van der Waals surface area contributed by atoms with E-state index >= 15 is 0 Å². The van der Waals surface area contributed by atoms with Gasteiger partial charge in [0.15, 0.2) is 0 Å². The minimum atomic E-state index is -0.575. The third kappa shape index (κ3) is 7.70. The maximum Gasteiger partial charge on any atom is 0.253 e. The molecule has 0 saturated heterocycles. The smallest absolute Gasteiger partial charge is 0.253 e. The summed E-state index contributed by atoms with van der Waals surface area (Å²) >= 11 is 0. The van der Waals surface area contributed by atoms with Crippen LogP contribution in [0.25, 0.3) is 44.6 Å². The summed E-state index contributed by atoms with van der Waals surface area (Å²) < 4.78 is 13.8. The van der Waals surface area contributed by atoms with Crippen molar-refractivity contribution in [1.82, 2.24) is 40.5 Å². The Kier molecular flexibility index (Phi) is 10.6. The van der Waals surface area contributed by atoms with Gasteiger partial charge in [0, 0.05) is 70.9 Å². The van der Waals surface area contributed by atoms with Crippen LogP contribution in [0.2, 0.25) is 0 Å². The number of nitrogens with two attached hydrogens (primary N) is 1. The van der Waals surface area contributed by atoms with Gasteiger partial charge in [-0.05, 0) is 90.5 Å². The van der Waals surface area contributed by atoms with Crippen molar-refractivity contribution in [2.75, 3.05) is 18.4 Å². The molecule has 292 valence electrons. The number of hydrogen-bond acceptors (Lipinski definition) is 8. The summed E-state index contributed by atoms with van der Waals surface area (Å²) in [6.07, 6.45) is 8.95. The molecule has 2 aromatic carbocycles. The van der Waals surface area contributed by atoms with Gasteiger partial charge in [-0.3, -0.25) is 9.59 Å². The zero-order chi connectivity index (χ0) is 38.5. The van der Waals surface area contributed by atoms with Crippen molar-refractivity contribution in [2.24, 2.45) is 5.73 Å². The van der Waals surface area contributed by atoms with Gasteiger partial charge in [-0.15, -0.1) is 12.4 Å². The highest BCUT2D eigenvalue weighted by Crippen LogP contribution is 2.36. The zero-order valence-electron chi connectivity index (χ0n) is 32.2. The quantitative estimate of drug-likeness (QED) is 0.108. The minimum Gasteiger partial charge on any atom is -0.363 e. The molecule has 0 unspecified atom stereocenters. The number of nitrogens with zero attached hydrogens (tertiary/aromatic N) is 4. The standard InChI is InChI=1S/C21H23N5O.C16H13FN4O.C5H11N.ClH/c1-12-19(26-21(2)8-4-9-21)25-18-13(5-3-6-16(18)23-12)17-11-14-15(24-17)7-10-22-20(14)27;1-8-15(17)21-14-9(3-2-4-12(14)19-8)13-7-10-11(20-13)5-6-18-16(10)22;1-5(6)3-2-4-5;/h3,5-6,11,24H,4,7-10H2,1-2H3,(H,22,27)(H,25,26);2-4,7,20H,5-6H2,1H3,(H,18,22);2-4,6H2,1H3;1H. The molecule has 2 aliphatic carbocycles. The van der Waals surface area contributed by atoms with Gasteiger partial charge in [-0.2, -0.15) is 4.39 Å². The Morgan fingerprint density at radius 3 is 1.62 bits per heavy atom. The lowest BCUT2D eigenvalue weighted by Gasteiger charge is -2.39. The van der Waals surface area contributed by atoms with Crippen LogP contribution in [0.15, 0.2) is 48.5 Å². The lowest BCUT2D eigenvalue weighted by Crippen LogP contribution is -2.42. The van der Waals surface area contributed by atoms with Gasteiger partial charge in [0.25, 0.3) is 11.8 Å². The summed E-state index contributed by atoms with van der Waals surface area (Å²) in [4.78, 5) is 48.7. The molecule has 4 aliphatic rings. The summed E-state index contributed by atoms with van der Waals surface area (Å²) in [5.41, 5.74) is 16.6. The molecule has 14 heteroatoms. The number of hydrogen-bond donors (Lipinski definition) is 6. The molecule has 0 radical (unpaired) electrons. The fraction of sp³-hybridized carbons (Fsp3) is 0.381. The molecule has 7 N–H and O–H groups in total. The number of carbonyl (C=O) groups excluding carboxylic acids is 2. The third-order valence-corrected chi connectivity index (χ3v) is 11.2. The lowest BCUT2D eigenvalue weighted by atomic mass is 9.78. The highest BCUT2D eigenvalue weighted by atomic mass is 35.5. The molecule has 2 saturated carbocycles. The molecule has 6 heterocycles. The Bertz CT molecular complexity index is 2460. The highest BCUT2D eigenvalue weighted by Gasteiger charge is 2.33. The number of aryl methyl sites for hydroxylation is 2. The van der Waals surface area contributed by atoms with Crippen LogP contribution in [0.4, 0.5) is 10.2 Å². The molecule has 2 fully saturated rings. The van der Waals surface area contributed by atoms with Crippen molar-refractivity contribution in [3.05, 3.63) is 88.4 Å². The van der Waals surface area contributed by atoms with Crippen LogP contribution in [0.3, 0.4) is 0 Å². The number of nitrogens with one attached hydrogen (secondary N) is 5. The van der Waals surface area contributed by atoms with Gasteiger partial charge < -0.3 is 31.7 Å². The van der Waals surface area contributed by atoms with Crippen molar-refractivity contribution in [3.63, 3.8) is 0 Å². The number of aromatic amines is 2. The van der Waals surface area contributed by atoms with E-state index in [9.17, 15) is 14.0 Å². The number of amides is 2. The van der Waals surface area contributed by atoms with E-state index in [0.29, 0.717) is 29.7 Å². The molecule has 12 nitrogen and oxygen atoms in total. The summed E-state index contributed by atoms with van der Waals surface area (Å²) in [6, 6.07) is 15.2. The van der Waals surface area contributed by atoms with Gasteiger partial charge >= 0.3 is 0 Å². The number of halogens is 2. The zero-order valence-corrected chi connectivity index (χ0v) is 33.0. The van der Waals surface area contributed by atoms with E-state index in [1.54, 1.807) is 19.1 Å². The van der Waals surface area contributed by atoms with Crippen LogP contribution in [0.1, 0.15) is 95.9 Å². The van der Waals surface area contributed by atoms with Gasteiger partial charge in [-0.1, -0.05) is 24.3 Å². The summed E-state index contributed by atoms with van der Waals surface area (Å²) in [7, 11) is 0. The van der Waals surface area contributed by atoms with Crippen LogP contribution in [0, 0.1) is 19.8 Å². The van der Waals surface area contributed by atoms with E-state index in [-0.39, 0.29) is 41.0 Å². The number of benzene rings is 2. The van der Waals surface area contributed by atoms with Crippen molar-refractivity contribution in [2.45, 2.75) is 90.1 Å². The average Bonchev–Trinajstić information content (AvgIpc) is 3.78. The first-order valence-electron chi connectivity index (χ1n) is 19.1. The molecule has 6 aromatic rings. The predicted octanol–water partition coefficient (Wildman–Crippen LogP) is 7.24. The molecular formula is C42H48ClFN10O2. The number of fused-ring (bicyclic) bond motifs is 4. The Hall–Kier alpha value is -5.40. The van der Waals surface area contributed by atoms with E-state index in [2.05, 4.69) is 49.7 Å². The number of H-pyrrole nitrogens is 2. The fourth-order valence-electron chi connectivity index (χ4n) is 7.59. The van der Waals surface area contributed by atoms with Crippen molar-refractivity contribution < 1.29 is 14.0 Å². The van der Waals surface area contributed by atoms with E-state index in [0.717, 1.165) is 87.7 Å². The first-order chi connectivity index (χ1) is 26.4. The van der Waals surface area contributed by atoms with Crippen LogP contribution < -0.4 is 21.7 Å². The number of carbonyl (C=O) groups is 2. The molecule has 4 aromatic heterocycles. The molecule has 0 bridgehead atoms. The second-order valence-electron chi connectivity index (χ2n) is 15.8. The number of rotatable bonds is 4. The largest absolute Gasteiger partial charge is 0.363 e. The molecule has 2 aliphatic heterocycles. The Balaban J connectivity index is 0.000000149. The maximum atomic E-state index is 13.8. The lowest BCUT2D eigenvalue weighted by molar-refractivity contribution is 0.0937. The van der Waals surface area contributed by atoms with Crippen LogP contribution in [0.5, 0.6) is 0 Å². The minimum absolute atomic E-state index is 0. The van der Waals surface area contributed by atoms with Crippen LogP contribution in [-0.2, 0) is 12.8 Å². The second-order valence-corrected chi connectivity index (χ2v) is 15.8. The number of para-hydroxylation sites is 2. The van der Waals surface area contributed by atoms with Gasteiger partial charge in [0.1, 0.15) is 16.9 Å². The van der Waals surface area contributed by atoms with Gasteiger partial charge in [0.05, 0.1) is 33.5 Å². The third-order valence-electron chi connectivity index (χ3n) is 11.2. The number of anilines is 1. The fourth-order valence-corrected chi connectivity index (χ4v) is 7.59. The summed E-state index contributed by atoms with van der Waals surface area (Å²) in [5.74, 6) is 0.179. The Labute approximate surface area is 330 Å². The van der Waals surface area contributed by atoms with Crippen molar-refractivity contribution in [3.8, 4) is 22.5 Å². The van der Waals surface area contributed by atoms with Crippen LogP contribution in [-0.4, -0.2) is 65.9 Å². The maximum absolute atomic E-state index is 13.8. The molecule has 2 amide bonds.